The van der Waals surface area contributed by atoms with Crippen LogP contribution in [0, 0.1) is 12.8 Å². The lowest BCUT2D eigenvalue weighted by Crippen LogP contribution is -2.39. The predicted octanol–water partition coefficient (Wildman–Crippen LogP) is 2.58. The molecule has 126 valence electrons. The Hall–Kier alpha value is -2.24. The standard InChI is InChI=1S/C18H23N5O/c1-13-10-17(22-16(21-13)11-14-2-3-14)23-8-4-15(5-9-23)24-18-12-19-6-7-20-18/h6-7,10,12,14-15H,2-5,8-9,11H2,1H3. The molecule has 2 aromatic rings. The number of aryl methyl sites for hydroxylation is 1. The number of hydrogen-bond donors (Lipinski definition) is 0. The van der Waals surface area contributed by atoms with Crippen LogP contribution in [0.15, 0.2) is 24.7 Å². The molecule has 1 saturated heterocycles. The van der Waals surface area contributed by atoms with Crippen LogP contribution in [0.2, 0.25) is 0 Å². The fourth-order valence-corrected chi connectivity index (χ4v) is 3.17. The van der Waals surface area contributed by atoms with Gasteiger partial charge in [-0.3, -0.25) is 4.98 Å². The molecule has 1 saturated carbocycles. The normalized spacial score (nSPS) is 18.6. The lowest BCUT2D eigenvalue weighted by molar-refractivity contribution is 0.163. The quantitative estimate of drug-likeness (QED) is 0.842. The Morgan fingerprint density at radius 1 is 1.12 bits per heavy atom. The van der Waals surface area contributed by atoms with Crippen LogP contribution in [-0.2, 0) is 6.42 Å². The Labute approximate surface area is 142 Å². The molecule has 0 unspecified atom stereocenters. The van der Waals surface area contributed by atoms with Gasteiger partial charge in [0.2, 0.25) is 5.88 Å². The molecule has 24 heavy (non-hydrogen) atoms. The van der Waals surface area contributed by atoms with Gasteiger partial charge < -0.3 is 9.64 Å². The van der Waals surface area contributed by atoms with E-state index in [1.807, 2.05) is 0 Å². The van der Waals surface area contributed by atoms with Gasteiger partial charge in [0.05, 0.1) is 6.20 Å². The molecule has 0 amide bonds. The highest BCUT2D eigenvalue weighted by molar-refractivity contribution is 5.40. The SMILES string of the molecule is Cc1cc(N2CCC(Oc3cnccn3)CC2)nc(CC2CC2)n1. The van der Waals surface area contributed by atoms with E-state index in [0.29, 0.717) is 5.88 Å². The molecule has 2 aromatic heterocycles. The third kappa shape index (κ3) is 3.80. The largest absolute Gasteiger partial charge is 0.473 e. The van der Waals surface area contributed by atoms with Gasteiger partial charge in [-0.1, -0.05) is 0 Å². The zero-order valence-corrected chi connectivity index (χ0v) is 14.1. The summed E-state index contributed by atoms with van der Waals surface area (Å²) < 4.78 is 5.91. The summed E-state index contributed by atoms with van der Waals surface area (Å²) in [6.07, 6.45) is 10.8. The van der Waals surface area contributed by atoms with E-state index in [4.69, 9.17) is 9.72 Å². The first-order chi connectivity index (χ1) is 11.8. The molecule has 4 rings (SSSR count). The van der Waals surface area contributed by atoms with Gasteiger partial charge in [0.1, 0.15) is 17.7 Å². The number of piperidine rings is 1. The van der Waals surface area contributed by atoms with E-state index >= 15 is 0 Å². The van der Waals surface area contributed by atoms with Crippen LogP contribution < -0.4 is 9.64 Å². The number of ether oxygens (including phenoxy) is 1. The second-order valence-corrected chi connectivity index (χ2v) is 6.78. The van der Waals surface area contributed by atoms with Crippen LogP contribution in [0.4, 0.5) is 5.82 Å². The van der Waals surface area contributed by atoms with Crippen LogP contribution in [0.3, 0.4) is 0 Å². The number of anilines is 1. The molecule has 0 atom stereocenters. The third-order valence-corrected chi connectivity index (χ3v) is 4.65. The van der Waals surface area contributed by atoms with Crippen molar-refractivity contribution in [3.8, 4) is 5.88 Å². The van der Waals surface area contributed by atoms with Crippen molar-refractivity contribution in [1.29, 1.82) is 0 Å². The molecule has 6 heteroatoms. The molecule has 0 N–H and O–H groups in total. The van der Waals surface area contributed by atoms with E-state index in [2.05, 4.69) is 32.8 Å². The number of hydrogen-bond acceptors (Lipinski definition) is 6. The van der Waals surface area contributed by atoms with Crippen molar-refractivity contribution in [2.75, 3.05) is 18.0 Å². The monoisotopic (exact) mass is 325 g/mol. The molecule has 6 nitrogen and oxygen atoms in total. The average Bonchev–Trinajstić information content (AvgIpc) is 3.40. The molecule has 1 aliphatic heterocycles. The average molecular weight is 325 g/mol. The van der Waals surface area contributed by atoms with E-state index < -0.39 is 0 Å². The molecule has 0 aromatic carbocycles. The minimum absolute atomic E-state index is 0.201. The van der Waals surface area contributed by atoms with Crippen molar-refractivity contribution in [2.24, 2.45) is 5.92 Å². The summed E-state index contributed by atoms with van der Waals surface area (Å²) in [6, 6.07) is 2.10. The molecule has 0 radical (unpaired) electrons. The van der Waals surface area contributed by atoms with Crippen molar-refractivity contribution >= 4 is 5.82 Å². The molecule has 0 spiro atoms. The summed E-state index contributed by atoms with van der Waals surface area (Å²) in [7, 11) is 0. The summed E-state index contributed by atoms with van der Waals surface area (Å²) in [4.78, 5) is 20.0. The Bertz CT molecular complexity index is 681. The highest BCUT2D eigenvalue weighted by atomic mass is 16.5. The summed E-state index contributed by atoms with van der Waals surface area (Å²) in [5, 5.41) is 0. The summed E-state index contributed by atoms with van der Waals surface area (Å²) in [5.41, 5.74) is 1.06. The topological polar surface area (TPSA) is 64.0 Å². The van der Waals surface area contributed by atoms with Gasteiger partial charge in [-0.25, -0.2) is 15.0 Å². The first-order valence-corrected chi connectivity index (χ1v) is 8.78. The number of aromatic nitrogens is 4. The molecular weight excluding hydrogens is 302 g/mol. The van der Waals surface area contributed by atoms with E-state index in [0.717, 1.165) is 55.6 Å². The fraction of sp³-hybridized carbons (Fsp3) is 0.556. The zero-order valence-electron chi connectivity index (χ0n) is 14.1. The van der Waals surface area contributed by atoms with Crippen molar-refractivity contribution in [2.45, 2.75) is 45.1 Å². The first-order valence-electron chi connectivity index (χ1n) is 8.78. The van der Waals surface area contributed by atoms with Crippen LogP contribution >= 0.6 is 0 Å². The van der Waals surface area contributed by atoms with Gasteiger partial charge in [-0.2, -0.15) is 0 Å². The minimum Gasteiger partial charge on any atom is -0.473 e. The number of nitrogens with zero attached hydrogens (tertiary/aromatic N) is 5. The second-order valence-electron chi connectivity index (χ2n) is 6.78. The molecule has 1 aliphatic carbocycles. The van der Waals surface area contributed by atoms with Crippen molar-refractivity contribution < 1.29 is 4.74 Å². The summed E-state index contributed by atoms with van der Waals surface area (Å²) in [6.45, 7) is 3.96. The second kappa shape index (κ2) is 6.71. The van der Waals surface area contributed by atoms with E-state index in [-0.39, 0.29) is 6.10 Å². The number of rotatable bonds is 5. The maximum absolute atomic E-state index is 5.91. The van der Waals surface area contributed by atoms with Crippen LogP contribution in [0.5, 0.6) is 5.88 Å². The molecular formula is C18H23N5O. The maximum atomic E-state index is 5.91. The third-order valence-electron chi connectivity index (χ3n) is 4.65. The van der Waals surface area contributed by atoms with Crippen LogP contribution in [0.25, 0.3) is 0 Å². The van der Waals surface area contributed by atoms with Gasteiger partial charge >= 0.3 is 0 Å². The van der Waals surface area contributed by atoms with Gasteiger partial charge in [0, 0.05) is 56.5 Å². The lowest BCUT2D eigenvalue weighted by Gasteiger charge is -2.32. The van der Waals surface area contributed by atoms with Crippen molar-refractivity contribution in [3.05, 3.63) is 36.2 Å². The van der Waals surface area contributed by atoms with E-state index in [1.54, 1.807) is 18.6 Å². The Morgan fingerprint density at radius 2 is 1.96 bits per heavy atom. The molecule has 0 bridgehead atoms. The van der Waals surface area contributed by atoms with Crippen molar-refractivity contribution in [1.82, 2.24) is 19.9 Å². The van der Waals surface area contributed by atoms with Crippen LogP contribution in [-0.4, -0.2) is 39.1 Å². The fourth-order valence-electron chi connectivity index (χ4n) is 3.17. The molecule has 2 aliphatic rings. The Kier molecular flexibility index (Phi) is 4.28. The Morgan fingerprint density at radius 3 is 2.67 bits per heavy atom. The van der Waals surface area contributed by atoms with Gasteiger partial charge in [0.15, 0.2) is 0 Å². The van der Waals surface area contributed by atoms with E-state index in [1.165, 1.54) is 12.8 Å². The summed E-state index contributed by atoms with van der Waals surface area (Å²) >= 11 is 0. The van der Waals surface area contributed by atoms with Gasteiger partial charge in [0.25, 0.3) is 0 Å². The Balaban J connectivity index is 1.37. The highest BCUT2D eigenvalue weighted by Gasteiger charge is 2.25. The smallest absolute Gasteiger partial charge is 0.232 e. The maximum Gasteiger partial charge on any atom is 0.232 e. The van der Waals surface area contributed by atoms with E-state index in [9.17, 15) is 0 Å². The first kappa shape index (κ1) is 15.3. The van der Waals surface area contributed by atoms with Crippen LogP contribution in [0.1, 0.15) is 37.2 Å². The lowest BCUT2D eigenvalue weighted by atomic mass is 10.1. The summed E-state index contributed by atoms with van der Waals surface area (Å²) in [5.74, 6) is 3.49. The van der Waals surface area contributed by atoms with Gasteiger partial charge in [-0.15, -0.1) is 0 Å². The van der Waals surface area contributed by atoms with Gasteiger partial charge in [-0.05, 0) is 25.7 Å². The molecule has 2 fully saturated rings. The minimum atomic E-state index is 0.201. The zero-order chi connectivity index (χ0) is 16.4. The van der Waals surface area contributed by atoms with Crippen molar-refractivity contribution in [3.63, 3.8) is 0 Å². The predicted molar refractivity (Wildman–Crippen MR) is 91.1 cm³/mol. The highest BCUT2D eigenvalue weighted by Crippen LogP contribution is 2.32. The molecule has 3 heterocycles.